The first-order chi connectivity index (χ1) is 8.93. The van der Waals surface area contributed by atoms with Crippen LogP contribution in [-0.2, 0) is 4.79 Å². The van der Waals surface area contributed by atoms with E-state index < -0.39 is 5.54 Å². The Morgan fingerprint density at radius 1 is 1.21 bits per heavy atom. The van der Waals surface area contributed by atoms with Crippen LogP contribution in [0.3, 0.4) is 0 Å². The number of nitrogens with zero attached hydrogens (tertiary/aromatic N) is 1. The van der Waals surface area contributed by atoms with Crippen LogP contribution in [0.1, 0.15) is 59.3 Å². The number of hydrogen-bond acceptors (Lipinski definition) is 3. The molecule has 0 radical (unpaired) electrons. The lowest BCUT2D eigenvalue weighted by molar-refractivity contribution is -0.127. The molecule has 5 heteroatoms. The van der Waals surface area contributed by atoms with Crippen LogP contribution in [0.5, 0.6) is 0 Å². The van der Waals surface area contributed by atoms with E-state index in [0.717, 1.165) is 38.5 Å². The number of amides is 1. The summed E-state index contributed by atoms with van der Waals surface area (Å²) in [4.78, 5) is 12.3. The van der Waals surface area contributed by atoms with Crippen molar-refractivity contribution in [2.45, 2.75) is 64.8 Å². The summed E-state index contributed by atoms with van der Waals surface area (Å²) in [5.41, 5.74) is 5.20. The maximum Gasteiger partial charge on any atom is 0.223 e. The molecule has 1 fully saturated rings. The first-order valence-corrected chi connectivity index (χ1v) is 7.23. The highest BCUT2D eigenvalue weighted by Gasteiger charge is 2.38. The van der Waals surface area contributed by atoms with Crippen LogP contribution < -0.4 is 11.1 Å². The monoisotopic (exact) mass is 269 g/mol. The smallest absolute Gasteiger partial charge is 0.223 e. The van der Waals surface area contributed by atoms with Crippen LogP contribution in [0.15, 0.2) is 5.16 Å². The number of nitrogens with one attached hydrogen (secondary N) is 1. The number of hydrogen-bond donors (Lipinski definition) is 3. The van der Waals surface area contributed by atoms with E-state index in [9.17, 15) is 4.79 Å². The van der Waals surface area contributed by atoms with Crippen LogP contribution in [0.2, 0.25) is 0 Å². The van der Waals surface area contributed by atoms with Gasteiger partial charge < -0.3 is 16.3 Å². The average molecular weight is 269 g/mol. The van der Waals surface area contributed by atoms with Crippen molar-refractivity contribution in [1.29, 1.82) is 0 Å². The molecule has 5 nitrogen and oxygen atoms in total. The molecule has 1 amide bonds. The Kier molecular flexibility index (Phi) is 5.63. The Labute approximate surface area is 115 Å². The SMILES string of the molecule is CC(C)C(C)C(=O)NC1(C(N)=NO)CCCCCC1. The van der Waals surface area contributed by atoms with Gasteiger partial charge in [0.1, 0.15) is 5.54 Å². The standard InChI is InChI=1S/C14H27N3O2/c1-10(2)11(3)12(18)16-14(13(15)17-19)8-6-4-5-7-9-14/h10-11,19H,4-9H2,1-3H3,(H2,15,17)(H,16,18). The van der Waals surface area contributed by atoms with Gasteiger partial charge in [0, 0.05) is 5.92 Å². The van der Waals surface area contributed by atoms with E-state index in [4.69, 9.17) is 10.9 Å². The van der Waals surface area contributed by atoms with Crippen molar-refractivity contribution in [1.82, 2.24) is 5.32 Å². The summed E-state index contributed by atoms with van der Waals surface area (Å²) in [6.07, 6.45) is 5.75. The fourth-order valence-corrected chi connectivity index (χ4v) is 2.53. The van der Waals surface area contributed by atoms with Gasteiger partial charge in [-0.15, -0.1) is 0 Å². The predicted molar refractivity (Wildman–Crippen MR) is 76.0 cm³/mol. The molecule has 0 aromatic carbocycles. The molecule has 4 N–H and O–H groups in total. The van der Waals surface area contributed by atoms with Gasteiger partial charge in [0.15, 0.2) is 5.84 Å². The van der Waals surface area contributed by atoms with Crippen LogP contribution in [0.25, 0.3) is 0 Å². The normalized spacial score (nSPS) is 21.8. The van der Waals surface area contributed by atoms with E-state index in [1.807, 2.05) is 20.8 Å². The lowest BCUT2D eigenvalue weighted by atomic mass is 9.87. The van der Waals surface area contributed by atoms with E-state index in [0.29, 0.717) is 0 Å². The largest absolute Gasteiger partial charge is 0.409 e. The molecule has 0 spiro atoms. The van der Waals surface area contributed by atoms with Crippen LogP contribution in [0.4, 0.5) is 0 Å². The molecule has 0 saturated heterocycles. The third-order valence-electron chi connectivity index (χ3n) is 4.33. The number of carbonyl (C=O) groups excluding carboxylic acids is 1. The fourth-order valence-electron chi connectivity index (χ4n) is 2.53. The van der Waals surface area contributed by atoms with Crippen molar-refractivity contribution >= 4 is 11.7 Å². The molecule has 1 rings (SSSR count). The zero-order valence-electron chi connectivity index (χ0n) is 12.3. The van der Waals surface area contributed by atoms with Gasteiger partial charge in [-0.25, -0.2) is 0 Å². The van der Waals surface area contributed by atoms with Crippen molar-refractivity contribution in [3.8, 4) is 0 Å². The molecule has 0 aliphatic heterocycles. The number of oxime groups is 1. The van der Waals surface area contributed by atoms with Crippen molar-refractivity contribution in [3.05, 3.63) is 0 Å². The third-order valence-corrected chi connectivity index (χ3v) is 4.33. The summed E-state index contributed by atoms with van der Waals surface area (Å²) in [7, 11) is 0. The molecular formula is C14H27N3O2. The molecule has 1 saturated carbocycles. The van der Waals surface area contributed by atoms with E-state index in [2.05, 4.69) is 10.5 Å². The number of amidine groups is 1. The Balaban J connectivity index is 2.88. The van der Waals surface area contributed by atoms with Crippen LogP contribution in [0, 0.1) is 11.8 Å². The minimum atomic E-state index is -0.661. The average Bonchev–Trinajstić information content (AvgIpc) is 2.63. The van der Waals surface area contributed by atoms with Crippen molar-refractivity contribution in [2.75, 3.05) is 0 Å². The Morgan fingerprint density at radius 2 is 1.74 bits per heavy atom. The van der Waals surface area contributed by atoms with Crippen molar-refractivity contribution < 1.29 is 10.0 Å². The zero-order chi connectivity index (χ0) is 14.5. The van der Waals surface area contributed by atoms with Crippen molar-refractivity contribution in [3.63, 3.8) is 0 Å². The lowest BCUT2D eigenvalue weighted by Crippen LogP contribution is -2.58. The summed E-state index contributed by atoms with van der Waals surface area (Å²) in [5, 5.41) is 15.2. The highest BCUT2D eigenvalue weighted by molar-refractivity contribution is 5.94. The van der Waals surface area contributed by atoms with Gasteiger partial charge in [-0.3, -0.25) is 4.79 Å². The van der Waals surface area contributed by atoms with Gasteiger partial charge in [-0.1, -0.05) is 51.6 Å². The Bertz CT molecular complexity index is 332. The molecule has 0 aromatic heterocycles. The second kappa shape index (κ2) is 6.78. The highest BCUT2D eigenvalue weighted by atomic mass is 16.4. The minimum Gasteiger partial charge on any atom is -0.409 e. The van der Waals surface area contributed by atoms with Gasteiger partial charge in [0.05, 0.1) is 0 Å². The first-order valence-electron chi connectivity index (χ1n) is 7.23. The number of rotatable bonds is 4. The highest BCUT2D eigenvalue weighted by Crippen LogP contribution is 2.28. The molecule has 0 bridgehead atoms. The lowest BCUT2D eigenvalue weighted by Gasteiger charge is -2.34. The number of carbonyl (C=O) groups is 1. The molecule has 1 unspecified atom stereocenters. The Hall–Kier alpha value is -1.26. The van der Waals surface area contributed by atoms with E-state index >= 15 is 0 Å². The molecule has 1 aliphatic rings. The second-order valence-electron chi connectivity index (χ2n) is 6.00. The van der Waals surface area contributed by atoms with E-state index in [-0.39, 0.29) is 23.6 Å². The molecule has 0 aromatic rings. The molecular weight excluding hydrogens is 242 g/mol. The maximum atomic E-state index is 12.3. The number of nitrogens with two attached hydrogens (primary N) is 1. The van der Waals surface area contributed by atoms with Gasteiger partial charge in [0.2, 0.25) is 5.91 Å². The summed E-state index contributed by atoms with van der Waals surface area (Å²) < 4.78 is 0. The summed E-state index contributed by atoms with van der Waals surface area (Å²) in [6, 6.07) is 0. The first kappa shape index (κ1) is 15.8. The summed E-state index contributed by atoms with van der Waals surface area (Å²) >= 11 is 0. The zero-order valence-corrected chi connectivity index (χ0v) is 12.3. The minimum absolute atomic E-state index is 0.0106. The Morgan fingerprint density at radius 3 is 2.16 bits per heavy atom. The predicted octanol–water partition coefficient (Wildman–Crippen LogP) is 2.23. The fraction of sp³-hybridized carbons (Fsp3) is 0.857. The molecule has 19 heavy (non-hydrogen) atoms. The summed E-state index contributed by atoms with van der Waals surface area (Å²) in [6.45, 7) is 5.96. The van der Waals surface area contributed by atoms with Gasteiger partial charge >= 0.3 is 0 Å². The molecule has 0 heterocycles. The quantitative estimate of drug-likeness (QED) is 0.240. The van der Waals surface area contributed by atoms with Crippen molar-refractivity contribution in [2.24, 2.45) is 22.7 Å². The third kappa shape index (κ3) is 3.85. The molecule has 1 atom stereocenters. The molecule has 1 aliphatic carbocycles. The topological polar surface area (TPSA) is 87.7 Å². The molecule has 110 valence electrons. The van der Waals surface area contributed by atoms with Crippen LogP contribution in [-0.4, -0.2) is 22.5 Å². The van der Waals surface area contributed by atoms with Gasteiger partial charge in [-0.2, -0.15) is 0 Å². The second-order valence-corrected chi connectivity index (χ2v) is 6.00. The summed E-state index contributed by atoms with van der Waals surface area (Å²) in [5.74, 6) is 0.323. The van der Waals surface area contributed by atoms with Gasteiger partial charge in [-0.05, 0) is 18.8 Å². The van der Waals surface area contributed by atoms with E-state index in [1.54, 1.807) is 0 Å². The maximum absolute atomic E-state index is 12.3. The van der Waals surface area contributed by atoms with Gasteiger partial charge in [0.25, 0.3) is 0 Å². The van der Waals surface area contributed by atoms with Crippen LogP contribution >= 0.6 is 0 Å². The van der Waals surface area contributed by atoms with E-state index in [1.165, 1.54) is 0 Å².